The minimum atomic E-state index is -0.687. The average molecular weight is 396 g/mol. The molecule has 1 aromatic carbocycles. The van der Waals surface area contributed by atoms with Gasteiger partial charge in [0.05, 0.1) is 17.6 Å². The van der Waals surface area contributed by atoms with Crippen molar-refractivity contribution in [2.45, 2.75) is 33.1 Å². The molecule has 0 aromatic heterocycles. The summed E-state index contributed by atoms with van der Waals surface area (Å²) in [7, 11) is 1.60. The fourth-order valence-electron chi connectivity index (χ4n) is 2.93. The maximum Gasteiger partial charge on any atom is 0.253 e. The fraction of sp³-hybridized carbons (Fsp3) is 0.600. The van der Waals surface area contributed by atoms with Crippen molar-refractivity contribution < 1.29 is 14.3 Å². The summed E-state index contributed by atoms with van der Waals surface area (Å²) in [6, 6.07) is 5.51. The Morgan fingerprint density at radius 2 is 1.93 bits per heavy atom. The van der Waals surface area contributed by atoms with Gasteiger partial charge in [0.25, 0.3) is 5.91 Å². The van der Waals surface area contributed by atoms with Gasteiger partial charge < -0.3 is 20.3 Å². The summed E-state index contributed by atoms with van der Waals surface area (Å²) in [5.41, 5.74) is 1.37. The number of carbonyl (C=O) groups is 2. The molecule has 0 spiro atoms. The predicted octanol–water partition coefficient (Wildman–Crippen LogP) is 3.26. The van der Waals surface area contributed by atoms with Crippen LogP contribution in [0.1, 0.15) is 43.5 Å². The van der Waals surface area contributed by atoms with Crippen LogP contribution in [0.4, 0.5) is 11.4 Å². The Bertz CT molecular complexity index is 658. The Morgan fingerprint density at radius 3 is 2.56 bits per heavy atom. The Kier molecular flexibility index (Phi) is 7.92. The van der Waals surface area contributed by atoms with Crippen LogP contribution in [-0.2, 0) is 9.53 Å². The molecule has 0 saturated carbocycles. The third-order valence-electron chi connectivity index (χ3n) is 4.74. The van der Waals surface area contributed by atoms with E-state index in [1.54, 1.807) is 27.0 Å². The Balaban J connectivity index is 2.26. The van der Waals surface area contributed by atoms with Gasteiger partial charge in [-0.25, -0.2) is 0 Å². The molecule has 7 heteroatoms. The lowest BCUT2D eigenvalue weighted by Crippen LogP contribution is -2.34. The Hall–Kier alpha value is -1.79. The van der Waals surface area contributed by atoms with Gasteiger partial charge in [0.1, 0.15) is 0 Å². The molecule has 0 aliphatic carbocycles. The van der Waals surface area contributed by atoms with Crippen LogP contribution in [0.2, 0.25) is 0 Å². The SMILES string of the molecule is COCCNC(=O)c1cc(NC(=O)C(C)(C)CCl)ccc1N1CCCCC1. The molecule has 2 N–H and O–H groups in total. The largest absolute Gasteiger partial charge is 0.383 e. The number of nitrogens with one attached hydrogen (secondary N) is 2. The highest BCUT2D eigenvalue weighted by molar-refractivity contribution is 6.20. The van der Waals surface area contributed by atoms with Gasteiger partial charge in [-0.2, -0.15) is 0 Å². The van der Waals surface area contributed by atoms with Gasteiger partial charge in [0.2, 0.25) is 5.91 Å². The third-order valence-corrected chi connectivity index (χ3v) is 5.40. The number of benzene rings is 1. The van der Waals surface area contributed by atoms with Crippen molar-refractivity contribution >= 4 is 34.8 Å². The van der Waals surface area contributed by atoms with Gasteiger partial charge in [-0.1, -0.05) is 0 Å². The van der Waals surface area contributed by atoms with E-state index in [9.17, 15) is 9.59 Å². The second kappa shape index (κ2) is 9.95. The Labute approximate surface area is 166 Å². The van der Waals surface area contributed by atoms with E-state index in [1.165, 1.54) is 6.42 Å². The molecule has 0 bridgehead atoms. The van der Waals surface area contributed by atoms with Crippen molar-refractivity contribution in [2.75, 3.05) is 49.4 Å². The van der Waals surface area contributed by atoms with Crippen LogP contribution < -0.4 is 15.5 Å². The maximum atomic E-state index is 12.7. The summed E-state index contributed by atoms with van der Waals surface area (Å²) in [5, 5.41) is 5.76. The number of anilines is 2. The monoisotopic (exact) mass is 395 g/mol. The maximum absolute atomic E-state index is 12.7. The molecule has 1 heterocycles. The summed E-state index contributed by atoms with van der Waals surface area (Å²) in [5.74, 6) is -0.121. The van der Waals surface area contributed by atoms with Crippen LogP contribution in [0.3, 0.4) is 0 Å². The minimum absolute atomic E-state index is 0.166. The first kappa shape index (κ1) is 21.5. The first-order chi connectivity index (χ1) is 12.9. The topological polar surface area (TPSA) is 70.7 Å². The number of nitrogens with zero attached hydrogens (tertiary/aromatic N) is 1. The summed E-state index contributed by atoms with van der Waals surface area (Å²) in [4.78, 5) is 27.4. The standard InChI is InChI=1S/C20H30ClN3O3/c1-20(2,14-21)19(26)23-15-7-8-17(24-10-5-4-6-11-24)16(13-15)18(25)22-9-12-27-3/h7-8,13H,4-6,9-12,14H2,1-3H3,(H,22,25)(H,23,26). The zero-order valence-corrected chi connectivity index (χ0v) is 17.2. The summed E-state index contributed by atoms with van der Waals surface area (Å²) < 4.78 is 5.01. The highest BCUT2D eigenvalue weighted by Crippen LogP contribution is 2.28. The second-order valence-electron chi connectivity index (χ2n) is 7.50. The van der Waals surface area contributed by atoms with Gasteiger partial charge in [-0.15, -0.1) is 11.6 Å². The van der Waals surface area contributed by atoms with E-state index in [1.807, 2.05) is 12.1 Å². The lowest BCUT2D eigenvalue weighted by Gasteiger charge is -2.30. The number of methoxy groups -OCH3 is 1. The number of alkyl halides is 1. The van der Waals surface area contributed by atoms with Crippen LogP contribution in [0.15, 0.2) is 18.2 Å². The van der Waals surface area contributed by atoms with Crippen LogP contribution >= 0.6 is 11.6 Å². The first-order valence-corrected chi connectivity index (χ1v) is 9.96. The van der Waals surface area contributed by atoms with Gasteiger partial charge in [0, 0.05) is 44.0 Å². The molecule has 1 aromatic rings. The molecular weight excluding hydrogens is 366 g/mol. The number of halogens is 1. The number of hydrogen-bond donors (Lipinski definition) is 2. The number of hydrogen-bond acceptors (Lipinski definition) is 4. The molecule has 2 amide bonds. The van der Waals surface area contributed by atoms with Crippen LogP contribution in [0, 0.1) is 5.41 Å². The van der Waals surface area contributed by atoms with E-state index in [-0.39, 0.29) is 17.7 Å². The lowest BCUT2D eigenvalue weighted by molar-refractivity contribution is -0.122. The number of carbonyl (C=O) groups excluding carboxylic acids is 2. The zero-order valence-electron chi connectivity index (χ0n) is 16.4. The molecule has 150 valence electrons. The smallest absolute Gasteiger partial charge is 0.253 e. The second-order valence-corrected chi connectivity index (χ2v) is 7.77. The number of rotatable bonds is 8. The average Bonchev–Trinajstić information content (AvgIpc) is 2.68. The van der Waals surface area contributed by atoms with Crippen molar-refractivity contribution in [1.29, 1.82) is 0 Å². The quantitative estimate of drug-likeness (QED) is 0.523. The van der Waals surface area contributed by atoms with Crippen LogP contribution in [0.25, 0.3) is 0 Å². The lowest BCUT2D eigenvalue weighted by atomic mass is 9.95. The van der Waals surface area contributed by atoms with Crippen molar-refractivity contribution in [3.8, 4) is 0 Å². The van der Waals surface area contributed by atoms with Gasteiger partial charge in [0.15, 0.2) is 0 Å². The Morgan fingerprint density at radius 1 is 1.22 bits per heavy atom. The van der Waals surface area contributed by atoms with Crippen LogP contribution in [-0.4, -0.2) is 51.0 Å². The molecule has 0 radical (unpaired) electrons. The summed E-state index contributed by atoms with van der Waals surface area (Å²) in [6.45, 7) is 6.33. The molecule has 1 saturated heterocycles. The van der Waals surface area contributed by atoms with Crippen molar-refractivity contribution in [1.82, 2.24) is 5.32 Å². The molecule has 27 heavy (non-hydrogen) atoms. The van der Waals surface area contributed by atoms with Crippen LogP contribution in [0.5, 0.6) is 0 Å². The molecule has 0 atom stereocenters. The van der Waals surface area contributed by atoms with Crippen molar-refractivity contribution in [2.24, 2.45) is 5.41 Å². The van der Waals surface area contributed by atoms with Gasteiger partial charge >= 0.3 is 0 Å². The molecule has 1 aliphatic rings. The third kappa shape index (κ3) is 5.84. The highest BCUT2D eigenvalue weighted by Gasteiger charge is 2.27. The number of piperidine rings is 1. The highest BCUT2D eigenvalue weighted by atomic mass is 35.5. The molecule has 1 fully saturated rings. The van der Waals surface area contributed by atoms with E-state index >= 15 is 0 Å². The normalized spacial score (nSPS) is 14.7. The predicted molar refractivity (Wildman–Crippen MR) is 110 cm³/mol. The minimum Gasteiger partial charge on any atom is -0.383 e. The number of amides is 2. The summed E-state index contributed by atoms with van der Waals surface area (Å²) in [6.07, 6.45) is 3.45. The van der Waals surface area contributed by atoms with E-state index in [2.05, 4.69) is 15.5 Å². The first-order valence-electron chi connectivity index (χ1n) is 9.42. The molecule has 1 aliphatic heterocycles. The molecular formula is C20H30ClN3O3. The molecule has 2 rings (SSSR count). The van der Waals surface area contributed by atoms with E-state index in [0.717, 1.165) is 31.6 Å². The van der Waals surface area contributed by atoms with E-state index in [4.69, 9.17) is 16.3 Å². The molecule has 0 unspecified atom stereocenters. The molecule has 6 nitrogen and oxygen atoms in total. The zero-order chi connectivity index (χ0) is 19.9. The van der Waals surface area contributed by atoms with Gasteiger partial charge in [-0.05, 0) is 51.3 Å². The fourth-order valence-corrected chi connectivity index (χ4v) is 3.05. The van der Waals surface area contributed by atoms with Gasteiger partial charge in [-0.3, -0.25) is 9.59 Å². The number of ether oxygens (including phenoxy) is 1. The summed E-state index contributed by atoms with van der Waals surface area (Å²) >= 11 is 5.89. The van der Waals surface area contributed by atoms with E-state index < -0.39 is 5.41 Å². The van der Waals surface area contributed by atoms with Crippen molar-refractivity contribution in [3.63, 3.8) is 0 Å². The van der Waals surface area contributed by atoms with E-state index in [0.29, 0.717) is 24.4 Å². The van der Waals surface area contributed by atoms with Crippen molar-refractivity contribution in [3.05, 3.63) is 23.8 Å².